The Bertz CT molecular complexity index is 1240. The van der Waals surface area contributed by atoms with E-state index in [-0.39, 0.29) is 11.3 Å². The lowest BCUT2D eigenvalue weighted by Gasteiger charge is -2.19. The van der Waals surface area contributed by atoms with E-state index in [1.54, 1.807) is 13.0 Å². The van der Waals surface area contributed by atoms with E-state index in [1.165, 1.54) is 43.5 Å². The molecular weight excluding hydrogens is 442 g/mol. The number of ether oxygens (including phenoxy) is 1. The van der Waals surface area contributed by atoms with Crippen molar-refractivity contribution in [2.45, 2.75) is 24.3 Å². The van der Waals surface area contributed by atoms with Crippen LogP contribution in [0.25, 0.3) is 0 Å². The number of hydrogen-bond donors (Lipinski definition) is 3. The predicted octanol–water partition coefficient (Wildman–Crippen LogP) is 2.63. The molecule has 0 fully saturated rings. The van der Waals surface area contributed by atoms with Crippen molar-refractivity contribution in [3.63, 3.8) is 0 Å². The molecule has 4 N–H and O–H groups in total. The van der Waals surface area contributed by atoms with Crippen molar-refractivity contribution < 1.29 is 22.7 Å². The predicted molar refractivity (Wildman–Crippen MR) is 126 cm³/mol. The summed E-state index contributed by atoms with van der Waals surface area (Å²) in [5.74, 6) is -0.566. The van der Waals surface area contributed by atoms with Crippen LogP contribution in [0.5, 0.6) is 5.75 Å². The van der Waals surface area contributed by atoms with Crippen LogP contribution >= 0.6 is 0 Å². The van der Waals surface area contributed by atoms with E-state index in [0.29, 0.717) is 22.6 Å². The van der Waals surface area contributed by atoms with Crippen LogP contribution < -0.4 is 20.5 Å². The summed E-state index contributed by atoms with van der Waals surface area (Å²) in [7, 11) is -2.50. The van der Waals surface area contributed by atoms with E-state index >= 15 is 0 Å². The van der Waals surface area contributed by atoms with Crippen molar-refractivity contribution in [3.05, 3.63) is 89.5 Å². The number of nitrogens with one attached hydrogen (secondary N) is 2. The molecule has 3 aromatic carbocycles. The molecule has 33 heavy (non-hydrogen) atoms. The van der Waals surface area contributed by atoms with Gasteiger partial charge in [0.25, 0.3) is 0 Å². The van der Waals surface area contributed by atoms with Crippen LogP contribution in [0.3, 0.4) is 0 Å². The van der Waals surface area contributed by atoms with Gasteiger partial charge < -0.3 is 15.8 Å². The van der Waals surface area contributed by atoms with Gasteiger partial charge in [0.15, 0.2) is 0 Å². The molecule has 8 nitrogen and oxygen atoms in total. The molecule has 3 aromatic rings. The van der Waals surface area contributed by atoms with Gasteiger partial charge in [-0.1, -0.05) is 30.3 Å². The number of aryl methyl sites for hydroxylation is 1. The molecule has 9 heteroatoms. The van der Waals surface area contributed by atoms with Crippen molar-refractivity contribution in [2.75, 3.05) is 12.4 Å². The van der Waals surface area contributed by atoms with E-state index in [0.717, 1.165) is 5.56 Å². The number of nitrogens with two attached hydrogens (primary N) is 1. The summed E-state index contributed by atoms with van der Waals surface area (Å²) < 4.78 is 33.9. The molecule has 0 bridgehead atoms. The highest BCUT2D eigenvalue weighted by Crippen LogP contribution is 2.22. The van der Waals surface area contributed by atoms with Crippen LogP contribution in [0.15, 0.2) is 77.7 Å². The molecular formula is C24H25N3O5S. The van der Waals surface area contributed by atoms with Crippen molar-refractivity contribution in [2.24, 2.45) is 5.73 Å². The number of sulfonamides is 1. The third-order valence-electron chi connectivity index (χ3n) is 5.01. The van der Waals surface area contributed by atoms with E-state index in [4.69, 9.17) is 10.5 Å². The Labute approximate surface area is 192 Å². The quantitative estimate of drug-likeness (QED) is 0.446. The van der Waals surface area contributed by atoms with Crippen LogP contribution in [0.2, 0.25) is 0 Å². The lowest BCUT2D eigenvalue weighted by molar-refractivity contribution is -0.117. The highest BCUT2D eigenvalue weighted by molar-refractivity contribution is 7.89. The number of carbonyl (C=O) groups is 2. The third-order valence-corrected chi connectivity index (χ3v) is 6.48. The molecule has 172 valence electrons. The van der Waals surface area contributed by atoms with Crippen molar-refractivity contribution in [1.29, 1.82) is 0 Å². The SMILES string of the molecule is COc1ccc(S(=O)(=O)NC(Cc2ccccc2)C(=O)Nc2ccc(C(N)=O)cc2)cc1C. The highest BCUT2D eigenvalue weighted by atomic mass is 32.2. The van der Waals surface area contributed by atoms with Gasteiger partial charge in [0.1, 0.15) is 11.8 Å². The first-order valence-corrected chi connectivity index (χ1v) is 11.6. The molecule has 1 unspecified atom stereocenters. The Morgan fingerprint density at radius 1 is 1.00 bits per heavy atom. The molecule has 0 radical (unpaired) electrons. The van der Waals surface area contributed by atoms with Crippen molar-refractivity contribution in [3.8, 4) is 5.75 Å². The Balaban J connectivity index is 1.86. The molecule has 0 aliphatic carbocycles. The fourth-order valence-electron chi connectivity index (χ4n) is 3.26. The van der Waals surface area contributed by atoms with Gasteiger partial charge in [-0.3, -0.25) is 9.59 Å². The number of primary amides is 1. The standard InChI is InChI=1S/C24H25N3O5S/c1-16-14-20(12-13-22(16)32-2)33(30,31)27-21(15-17-6-4-3-5-7-17)24(29)26-19-10-8-18(9-11-19)23(25)28/h3-14,21,27H,15H2,1-2H3,(H2,25,28)(H,26,29). The van der Waals surface area contributed by atoms with Crippen molar-refractivity contribution >= 4 is 27.5 Å². The second kappa shape index (κ2) is 10.3. The zero-order valence-electron chi connectivity index (χ0n) is 18.2. The lowest BCUT2D eigenvalue weighted by atomic mass is 10.1. The second-order valence-electron chi connectivity index (χ2n) is 7.43. The normalized spacial score (nSPS) is 12.1. The number of rotatable bonds is 9. The minimum absolute atomic E-state index is 0.0254. The molecule has 0 aliphatic rings. The van der Waals surface area contributed by atoms with Gasteiger partial charge in [0.05, 0.1) is 12.0 Å². The number of hydrogen-bond acceptors (Lipinski definition) is 5. The lowest BCUT2D eigenvalue weighted by Crippen LogP contribution is -2.45. The molecule has 0 aromatic heterocycles. The largest absolute Gasteiger partial charge is 0.496 e. The molecule has 0 saturated heterocycles. The van der Waals surface area contributed by atoms with Crippen LogP contribution in [-0.2, 0) is 21.2 Å². The summed E-state index contributed by atoms with van der Waals surface area (Å²) >= 11 is 0. The van der Waals surface area contributed by atoms with E-state index < -0.39 is 27.9 Å². The number of amides is 2. The number of methoxy groups -OCH3 is 1. The van der Waals surface area contributed by atoms with E-state index in [2.05, 4.69) is 10.0 Å². The van der Waals surface area contributed by atoms with Gasteiger partial charge in [0.2, 0.25) is 21.8 Å². The molecule has 3 rings (SSSR count). The topological polar surface area (TPSA) is 128 Å². The Morgan fingerprint density at radius 2 is 1.67 bits per heavy atom. The van der Waals surface area contributed by atoms with Gasteiger partial charge in [-0.2, -0.15) is 4.72 Å². The first-order valence-electron chi connectivity index (χ1n) is 10.1. The van der Waals surface area contributed by atoms with Crippen LogP contribution in [0.1, 0.15) is 21.5 Å². The Morgan fingerprint density at radius 3 is 2.24 bits per heavy atom. The smallest absolute Gasteiger partial charge is 0.248 e. The Kier molecular flexibility index (Phi) is 7.47. The van der Waals surface area contributed by atoms with Gasteiger partial charge >= 0.3 is 0 Å². The van der Waals surface area contributed by atoms with E-state index in [1.807, 2.05) is 30.3 Å². The number of benzene rings is 3. The fourth-order valence-corrected chi connectivity index (χ4v) is 4.54. The zero-order valence-corrected chi connectivity index (χ0v) is 19.1. The first kappa shape index (κ1) is 24.0. The first-order chi connectivity index (χ1) is 15.7. The van der Waals surface area contributed by atoms with Crippen LogP contribution in [0.4, 0.5) is 5.69 Å². The van der Waals surface area contributed by atoms with Gasteiger partial charge in [-0.15, -0.1) is 0 Å². The third kappa shape index (κ3) is 6.18. The molecule has 1 atom stereocenters. The fraction of sp³-hybridized carbons (Fsp3) is 0.167. The summed E-state index contributed by atoms with van der Waals surface area (Å²) in [5, 5.41) is 2.69. The average Bonchev–Trinajstić information content (AvgIpc) is 2.79. The molecule has 0 spiro atoms. The molecule has 0 heterocycles. The summed E-state index contributed by atoms with van der Waals surface area (Å²) in [4.78, 5) is 24.3. The van der Waals surface area contributed by atoms with Gasteiger partial charge in [-0.05, 0) is 66.9 Å². The summed E-state index contributed by atoms with van der Waals surface area (Å²) in [6.45, 7) is 1.74. The zero-order chi connectivity index (χ0) is 24.0. The maximum atomic E-state index is 13.1. The number of anilines is 1. The molecule has 0 saturated carbocycles. The van der Waals surface area contributed by atoms with E-state index in [9.17, 15) is 18.0 Å². The maximum Gasteiger partial charge on any atom is 0.248 e. The Hall–Kier alpha value is -3.69. The van der Waals surface area contributed by atoms with Gasteiger partial charge in [0, 0.05) is 11.3 Å². The molecule has 2 amide bonds. The van der Waals surface area contributed by atoms with Crippen molar-refractivity contribution in [1.82, 2.24) is 4.72 Å². The maximum absolute atomic E-state index is 13.1. The summed E-state index contributed by atoms with van der Waals surface area (Å²) in [6.07, 6.45) is 0.139. The average molecular weight is 468 g/mol. The minimum atomic E-state index is -4.01. The van der Waals surface area contributed by atoms with Crippen LogP contribution in [0, 0.1) is 6.92 Å². The number of carbonyl (C=O) groups excluding carboxylic acids is 2. The minimum Gasteiger partial charge on any atom is -0.496 e. The van der Waals surface area contributed by atoms with Gasteiger partial charge in [-0.25, -0.2) is 8.42 Å². The monoisotopic (exact) mass is 467 g/mol. The summed E-state index contributed by atoms with van der Waals surface area (Å²) in [6, 6.07) is 18.5. The highest BCUT2D eigenvalue weighted by Gasteiger charge is 2.27. The van der Waals surface area contributed by atoms with Crippen LogP contribution in [-0.4, -0.2) is 33.4 Å². The summed E-state index contributed by atoms with van der Waals surface area (Å²) in [5.41, 5.74) is 7.38. The molecule has 0 aliphatic heterocycles. The second-order valence-corrected chi connectivity index (χ2v) is 9.14.